The Morgan fingerprint density at radius 3 is 1.91 bits per heavy atom. The van der Waals surface area contributed by atoms with Crippen LogP contribution in [-0.4, -0.2) is 0 Å². The number of furan rings is 1. The Bertz CT molecular complexity index is 2550. The van der Waals surface area contributed by atoms with Crippen LogP contribution in [0.3, 0.4) is 0 Å². The molecule has 0 radical (unpaired) electrons. The second-order valence-corrected chi connectivity index (χ2v) is 13.1. The highest BCUT2D eigenvalue weighted by Crippen LogP contribution is 2.57. The van der Waals surface area contributed by atoms with Gasteiger partial charge >= 0.3 is 0 Å². The fourth-order valence-electron chi connectivity index (χ4n) is 7.85. The van der Waals surface area contributed by atoms with E-state index in [0.717, 1.165) is 27.5 Å². The molecule has 0 spiro atoms. The number of fused-ring (bicyclic) bond motifs is 9. The summed E-state index contributed by atoms with van der Waals surface area (Å²) in [7, 11) is 0. The number of para-hydroxylation sites is 1. The third-order valence-electron chi connectivity index (χ3n) is 9.76. The maximum absolute atomic E-state index is 6.91. The fraction of sp³-hybridized carbons (Fsp3) is 0.0233. The molecule has 1 nitrogen and oxygen atoms in total. The molecular formula is C43H26OS. The number of benzene rings is 7. The van der Waals surface area contributed by atoms with Gasteiger partial charge in [-0.1, -0.05) is 127 Å². The molecule has 1 aliphatic carbocycles. The van der Waals surface area contributed by atoms with Crippen molar-refractivity contribution in [1.82, 2.24) is 0 Å². The maximum atomic E-state index is 6.91. The molecule has 0 N–H and O–H groups in total. The summed E-state index contributed by atoms with van der Waals surface area (Å²) in [6.07, 6.45) is 0. The van der Waals surface area contributed by atoms with Crippen molar-refractivity contribution in [2.75, 3.05) is 0 Å². The molecule has 7 aromatic carbocycles. The predicted octanol–water partition coefficient (Wildman–Crippen LogP) is 12.0. The zero-order valence-corrected chi connectivity index (χ0v) is 25.1. The Labute approximate surface area is 264 Å². The molecule has 45 heavy (non-hydrogen) atoms. The summed E-state index contributed by atoms with van der Waals surface area (Å²) in [6.45, 7) is 0. The van der Waals surface area contributed by atoms with E-state index in [1.807, 2.05) is 11.3 Å². The normalized spacial score (nSPS) is 13.5. The van der Waals surface area contributed by atoms with E-state index in [1.54, 1.807) is 0 Å². The standard InChI is InChI=1S/C43H26OS/c1-3-12-28(13-4-1)43(29-14-5-2-6-15-29)37-20-9-7-16-31(37)34-25-35-33-19-11-18-30(42(33)44-39(35)26-38(34)43)27-22-23-41-36(24-27)32-17-8-10-21-40(32)45-41/h1-26H. The SMILES string of the molecule is c1ccc(C2(c3ccccc3)c3ccccc3-c3cc4c(cc32)oc2c(-c3ccc5sc6ccccc6c5c3)cccc24)cc1. The predicted molar refractivity (Wildman–Crippen MR) is 189 cm³/mol. The van der Waals surface area contributed by atoms with Crippen molar-refractivity contribution < 1.29 is 4.42 Å². The molecule has 2 heteroatoms. The van der Waals surface area contributed by atoms with Crippen LogP contribution in [0.25, 0.3) is 64.4 Å². The highest BCUT2D eigenvalue weighted by atomic mass is 32.1. The summed E-state index contributed by atoms with van der Waals surface area (Å²) < 4.78 is 9.54. The molecule has 0 amide bonds. The number of thiophene rings is 1. The Kier molecular flexibility index (Phi) is 5.14. The molecule has 0 saturated carbocycles. The van der Waals surface area contributed by atoms with Gasteiger partial charge in [-0.3, -0.25) is 0 Å². The van der Waals surface area contributed by atoms with Crippen LogP contribution in [0, 0.1) is 0 Å². The first-order valence-corrected chi connectivity index (χ1v) is 16.2. The van der Waals surface area contributed by atoms with E-state index in [9.17, 15) is 0 Å². The Morgan fingerprint density at radius 1 is 0.422 bits per heavy atom. The molecule has 0 atom stereocenters. The second kappa shape index (κ2) is 9.28. The lowest BCUT2D eigenvalue weighted by Gasteiger charge is -2.33. The van der Waals surface area contributed by atoms with Crippen LogP contribution in [-0.2, 0) is 5.41 Å². The van der Waals surface area contributed by atoms with Gasteiger partial charge in [0.15, 0.2) is 0 Å². The molecule has 2 aromatic heterocycles. The van der Waals surface area contributed by atoms with Gasteiger partial charge in [0.1, 0.15) is 11.2 Å². The smallest absolute Gasteiger partial charge is 0.143 e. The van der Waals surface area contributed by atoms with Crippen LogP contribution in [0.2, 0.25) is 0 Å². The topological polar surface area (TPSA) is 13.1 Å². The Morgan fingerprint density at radius 2 is 1.09 bits per heavy atom. The first-order valence-electron chi connectivity index (χ1n) is 15.4. The van der Waals surface area contributed by atoms with Crippen LogP contribution >= 0.6 is 11.3 Å². The van der Waals surface area contributed by atoms with E-state index < -0.39 is 5.41 Å². The lowest BCUT2D eigenvalue weighted by atomic mass is 9.67. The number of hydrogen-bond donors (Lipinski definition) is 0. The minimum absolute atomic E-state index is 0.449. The van der Waals surface area contributed by atoms with Gasteiger partial charge in [-0.05, 0) is 69.3 Å². The van der Waals surface area contributed by atoms with Crippen molar-refractivity contribution in [3.05, 3.63) is 180 Å². The third kappa shape index (κ3) is 3.38. The largest absolute Gasteiger partial charge is 0.455 e. The molecule has 0 fully saturated rings. The highest BCUT2D eigenvalue weighted by molar-refractivity contribution is 7.25. The third-order valence-corrected chi connectivity index (χ3v) is 10.9. The molecule has 1 aliphatic rings. The average Bonchev–Trinajstić information content (AvgIpc) is 3.76. The average molecular weight is 591 g/mol. The molecule has 0 aliphatic heterocycles. The molecular weight excluding hydrogens is 565 g/mol. The summed E-state index contributed by atoms with van der Waals surface area (Å²) in [5.41, 5.74) is 11.4. The Balaban J connectivity index is 1.26. The van der Waals surface area contributed by atoms with Crippen molar-refractivity contribution in [1.29, 1.82) is 0 Å². The van der Waals surface area contributed by atoms with Gasteiger partial charge in [-0.15, -0.1) is 11.3 Å². The summed E-state index contributed by atoms with van der Waals surface area (Å²) in [5.74, 6) is 0. The van der Waals surface area contributed by atoms with Crippen LogP contribution in [0.4, 0.5) is 0 Å². The van der Waals surface area contributed by atoms with E-state index in [4.69, 9.17) is 4.42 Å². The molecule has 2 heterocycles. The number of rotatable bonds is 3. The summed E-state index contributed by atoms with van der Waals surface area (Å²) in [5, 5.41) is 4.91. The number of hydrogen-bond acceptors (Lipinski definition) is 2. The van der Waals surface area contributed by atoms with E-state index in [0.29, 0.717) is 0 Å². The maximum Gasteiger partial charge on any atom is 0.143 e. The summed E-state index contributed by atoms with van der Waals surface area (Å²) >= 11 is 1.85. The van der Waals surface area contributed by atoms with Gasteiger partial charge in [0, 0.05) is 36.5 Å². The minimum atomic E-state index is -0.449. The van der Waals surface area contributed by atoms with Gasteiger partial charge in [-0.25, -0.2) is 0 Å². The van der Waals surface area contributed by atoms with Crippen LogP contribution in [0.15, 0.2) is 162 Å². The van der Waals surface area contributed by atoms with E-state index in [1.165, 1.54) is 59.1 Å². The molecule has 210 valence electrons. The van der Waals surface area contributed by atoms with Crippen LogP contribution < -0.4 is 0 Å². The molecule has 0 bridgehead atoms. The zero-order chi connectivity index (χ0) is 29.5. The lowest BCUT2D eigenvalue weighted by Crippen LogP contribution is -2.28. The van der Waals surface area contributed by atoms with Gasteiger partial charge in [0.05, 0.1) is 5.41 Å². The van der Waals surface area contributed by atoms with E-state index in [-0.39, 0.29) is 0 Å². The van der Waals surface area contributed by atoms with Crippen molar-refractivity contribution in [2.24, 2.45) is 0 Å². The first kappa shape index (κ1) is 24.9. The molecule has 10 rings (SSSR count). The van der Waals surface area contributed by atoms with E-state index >= 15 is 0 Å². The van der Waals surface area contributed by atoms with Crippen LogP contribution in [0.5, 0.6) is 0 Å². The monoisotopic (exact) mass is 590 g/mol. The quantitative estimate of drug-likeness (QED) is 0.199. The zero-order valence-electron chi connectivity index (χ0n) is 24.3. The lowest BCUT2D eigenvalue weighted by molar-refractivity contribution is 0.667. The minimum Gasteiger partial charge on any atom is -0.455 e. The van der Waals surface area contributed by atoms with Gasteiger partial charge in [0.25, 0.3) is 0 Å². The van der Waals surface area contributed by atoms with E-state index in [2.05, 4.69) is 158 Å². The van der Waals surface area contributed by atoms with Gasteiger partial charge in [-0.2, -0.15) is 0 Å². The van der Waals surface area contributed by atoms with Crippen molar-refractivity contribution in [3.63, 3.8) is 0 Å². The second-order valence-electron chi connectivity index (χ2n) is 12.0. The summed E-state index contributed by atoms with van der Waals surface area (Å²) in [6, 6.07) is 57.6. The molecule has 0 unspecified atom stereocenters. The molecule has 0 saturated heterocycles. The first-order chi connectivity index (χ1) is 22.3. The fourth-order valence-corrected chi connectivity index (χ4v) is 8.94. The van der Waals surface area contributed by atoms with Gasteiger partial charge < -0.3 is 4.42 Å². The Hall–Kier alpha value is -5.44. The summed E-state index contributed by atoms with van der Waals surface area (Å²) in [4.78, 5) is 0. The van der Waals surface area contributed by atoms with Crippen LogP contribution in [0.1, 0.15) is 22.3 Å². The van der Waals surface area contributed by atoms with Crippen molar-refractivity contribution >= 4 is 53.4 Å². The van der Waals surface area contributed by atoms with Crippen molar-refractivity contribution in [2.45, 2.75) is 5.41 Å². The molecule has 9 aromatic rings. The van der Waals surface area contributed by atoms with Gasteiger partial charge in [0.2, 0.25) is 0 Å². The highest BCUT2D eigenvalue weighted by Gasteiger charge is 2.46. The van der Waals surface area contributed by atoms with Crippen molar-refractivity contribution in [3.8, 4) is 22.3 Å².